The predicted molar refractivity (Wildman–Crippen MR) is 184 cm³/mol. The molecule has 0 aromatic heterocycles. The van der Waals surface area contributed by atoms with Gasteiger partial charge < -0.3 is 31.7 Å². The number of aliphatic imine (C=N–C) groups is 1. The summed E-state index contributed by atoms with van der Waals surface area (Å²) in [7, 11) is 0. The van der Waals surface area contributed by atoms with E-state index in [1.165, 1.54) is 24.5 Å². The first-order chi connectivity index (χ1) is 23.0. The molecule has 12 heteroatoms. The Balaban J connectivity index is 1.49. The Morgan fingerprint density at radius 1 is 1.04 bits per heavy atom. The normalized spacial score (nSPS) is 23.0. The standard InChI is InChI=1S/C36H53FN6O5/c1-4-31(45)41-32(36(48)43-17-15-28(44)16-18-43)23(3)25-13-14-30(29(37)19-25)40-35(47)33(24-11-9-22(2)10-12-24)42-34(46)26(20-38)21-39-27-7-5-6-8-27/h13-14,19-24,27-28,32-33,44H,4-12,15-18,38H2,1-3H3,(H,40,47)(H,41,45)(H,42,46)/b26-20+,39-21?/t22?,23-,24?,32+,33-/m0/s1. The van der Waals surface area contributed by atoms with E-state index in [1.54, 1.807) is 24.8 Å². The number of halogens is 1. The second-order valence-corrected chi connectivity index (χ2v) is 13.8. The number of amides is 4. The molecule has 2 aliphatic carbocycles. The Morgan fingerprint density at radius 3 is 2.31 bits per heavy atom. The first-order valence-corrected chi connectivity index (χ1v) is 17.6. The van der Waals surface area contributed by atoms with Crippen LogP contribution in [0.3, 0.4) is 0 Å². The van der Waals surface area contributed by atoms with Crippen molar-refractivity contribution in [3.63, 3.8) is 0 Å². The summed E-state index contributed by atoms with van der Waals surface area (Å²) < 4.78 is 15.7. The largest absolute Gasteiger partial charge is 0.404 e. The lowest BCUT2D eigenvalue weighted by Crippen LogP contribution is -2.53. The quantitative estimate of drug-likeness (QED) is 0.167. The van der Waals surface area contributed by atoms with Gasteiger partial charge in [-0.3, -0.25) is 24.2 Å². The van der Waals surface area contributed by atoms with Crippen molar-refractivity contribution in [1.29, 1.82) is 0 Å². The van der Waals surface area contributed by atoms with Crippen LogP contribution in [-0.4, -0.2) is 77.2 Å². The molecule has 1 aromatic rings. The number of aliphatic hydroxyl groups is 1. The fraction of sp³-hybridized carbons (Fsp3) is 0.639. The molecule has 1 saturated heterocycles. The molecule has 6 N–H and O–H groups in total. The first kappa shape index (κ1) is 37.0. The van der Waals surface area contributed by atoms with E-state index in [0.717, 1.165) is 51.4 Å². The molecule has 2 saturated carbocycles. The summed E-state index contributed by atoms with van der Waals surface area (Å²) >= 11 is 0. The lowest BCUT2D eigenvalue weighted by molar-refractivity contribution is -0.138. The van der Waals surface area contributed by atoms with Crippen molar-refractivity contribution < 1.29 is 28.7 Å². The lowest BCUT2D eigenvalue weighted by atomic mass is 9.79. The Morgan fingerprint density at radius 2 is 1.71 bits per heavy atom. The Labute approximate surface area is 283 Å². The molecule has 0 unspecified atom stereocenters. The Kier molecular flexibility index (Phi) is 13.5. The van der Waals surface area contributed by atoms with E-state index in [-0.39, 0.29) is 41.5 Å². The van der Waals surface area contributed by atoms with Crippen LogP contribution in [0.25, 0.3) is 0 Å². The van der Waals surface area contributed by atoms with E-state index in [0.29, 0.717) is 37.4 Å². The molecule has 1 aliphatic heterocycles. The summed E-state index contributed by atoms with van der Waals surface area (Å²) in [4.78, 5) is 59.1. The van der Waals surface area contributed by atoms with Gasteiger partial charge >= 0.3 is 0 Å². The number of nitrogens with one attached hydrogen (secondary N) is 3. The van der Waals surface area contributed by atoms with Gasteiger partial charge in [-0.1, -0.05) is 52.5 Å². The van der Waals surface area contributed by atoms with Crippen molar-refractivity contribution in [3.8, 4) is 0 Å². The summed E-state index contributed by atoms with van der Waals surface area (Å²) in [5, 5.41) is 18.2. The molecule has 4 rings (SSSR count). The van der Waals surface area contributed by atoms with Crippen LogP contribution >= 0.6 is 0 Å². The van der Waals surface area contributed by atoms with Crippen LogP contribution < -0.4 is 21.7 Å². The fourth-order valence-electron chi connectivity index (χ4n) is 6.94. The number of rotatable bonds is 12. The van der Waals surface area contributed by atoms with Crippen molar-refractivity contribution >= 4 is 35.5 Å². The number of piperidine rings is 1. The van der Waals surface area contributed by atoms with Gasteiger partial charge in [0.15, 0.2) is 0 Å². The molecule has 3 atom stereocenters. The minimum atomic E-state index is -0.928. The maximum absolute atomic E-state index is 15.7. The molecule has 4 amide bonds. The number of carbonyl (C=O) groups excluding carboxylic acids is 4. The zero-order valence-electron chi connectivity index (χ0n) is 28.6. The monoisotopic (exact) mass is 668 g/mol. The summed E-state index contributed by atoms with van der Waals surface area (Å²) in [6.07, 6.45) is 10.8. The molecule has 0 radical (unpaired) electrons. The van der Waals surface area contributed by atoms with Gasteiger partial charge in [-0.05, 0) is 68.1 Å². The fourth-order valence-corrected chi connectivity index (χ4v) is 6.94. The number of hydrogen-bond acceptors (Lipinski definition) is 7. The van der Waals surface area contributed by atoms with Gasteiger partial charge in [-0.2, -0.15) is 0 Å². The molecule has 48 heavy (non-hydrogen) atoms. The van der Waals surface area contributed by atoms with E-state index in [2.05, 4.69) is 27.9 Å². The molecule has 11 nitrogen and oxygen atoms in total. The van der Waals surface area contributed by atoms with Crippen LogP contribution in [0.5, 0.6) is 0 Å². The van der Waals surface area contributed by atoms with E-state index in [4.69, 9.17) is 5.73 Å². The summed E-state index contributed by atoms with van der Waals surface area (Å²) in [6.45, 7) is 6.35. The van der Waals surface area contributed by atoms with Gasteiger partial charge in [0.25, 0.3) is 5.91 Å². The lowest BCUT2D eigenvalue weighted by Gasteiger charge is -2.35. The molecular weight excluding hydrogens is 615 g/mol. The first-order valence-electron chi connectivity index (χ1n) is 17.6. The van der Waals surface area contributed by atoms with Gasteiger partial charge in [-0.15, -0.1) is 0 Å². The maximum atomic E-state index is 15.7. The molecule has 3 fully saturated rings. The van der Waals surface area contributed by atoms with Crippen LogP contribution in [0.4, 0.5) is 10.1 Å². The summed E-state index contributed by atoms with van der Waals surface area (Å²) in [6, 6.07) is 2.67. The number of anilines is 1. The third-order valence-corrected chi connectivity index (χ3v) is 10.2. The second-order valence-electron chi connectivity index (χ2n) is 13.8. The Bertz CT molecular complexity index is 1350. The van der Waals surface area contributed by atoms with Gasteiger partial charge in [0.2, 0.25) is 17.7 Å². The highest BCUT2D eigenvalue weighted by Crippen LogP contribution is 2.32. The van der Waals surface area contributed by atoms with Gasteiger partial charge in [0.05, 0.1) is 17.4 Å². The number of likely N-dealkylation sites (tertiary alicyclic amines) is 1. The number of carbonyl (C=O) groups is 4. The average Bonchev–Trinajstić information content (AvgIpc) is 3.61. The number of hydrogen-bond donors (Lipinski definition) is 5. The third-order valence-electron chi connectivity index (χ3n) is 10.2. The minimum Gasteiger partial charge on any atom is -0.404 e. The number of nitrogens with two attached hydrogens (primary N) is 1. The molecule has 1 aromatic carbocycles. The minimum absolute atomic E-state index is 0.0535. The van der Waals surface area contributed by atoms with E-state index >= 15 is 4.39 Å². The third kappa shape index (κ3) is 9.87. The number of nitrogens with zero attached hydrogens (tertiary/aromatic N) is 2. The smallest absolute Gasteiger partial charge is 0.254 e. The van der Waals surface area contributed by atoms with E-state index in [1.807, 2.05) is 0 Å². The van der Waals surface area contributed by atoms with Crippen LogP contribution in [0, 0.1) is 17.7 Å². The SMILES string of the molecule is CCC(=O)N[C@@H](C(=O)N1CCC(O)CC1)[C@@H](C)c1ccc(NC(=O)[C@@H](NC(=O)/C(C=NC2CCCC2)=C/N)C2CCC(C)CC2)c(F)c1. The highest BCUT2D eigenvalue weighted by molar-refractivity contribution is 6.13. The molecule has 3 aliphatic rings. The maximum Gasteiger partial charge on any atom is 0.254 e. The Hall–Kier alpha value is -3.80. The second kappa shape index (κ2) is 17.6. The molecule has 1 heterocycles. The van der Waals surface area contributed by atoms with Crippen LogP contribution in [-0.2, 0) is 19.2 Å². The molecule has 0 spiro atoms. The van der Waals surface area contributed by atoms with Crippen molar-refractivity contribution in [1.82, 2.24) is 15.5 Å². The average molecular weight is 669 g/mol. The van der Waals surface area contributed by atoms with Gasteiger partial charge in [0, 0.05) is 43.9 Å². The molecule has 264 valence electrons. The summed E-state index contributed by atoms with van der Waals surface area (Å²) in [5.74, 6) is -2.51. The van der Waals surface area contributed by atoms with Crippen LogP contribution in [0.2, 0.25) is 0 Å². The highest BCUT2D eigenvalue weighted by atomic mass is 19.1. The highest BCUT2D eigenvalue weighted by Gasteiger charge is 2.35. The van der Waals surface area contributed by atoms with Crippen LogP contribution in [0.15, 0.2) is 35.0 Å². The van der Waals surface area contributed by atoms with Crippen molar-refractivity contribution in [2.24, 2.45) is 22.6 Å². The summed E-state index contributed by atoms with van der Waals surface area (Å²) in [5.41, 5.74) is 6.39. The van der Waals surface area contributed by atoms with E-state index in [9.17, 15) is 24.3 Å². The number of aliphatic hydroxyl groups excluding tert-OH is 1. The molecular formula is C36H53FN6O5. The van der Waals surface area contributed by atoms with Gasteiger partial charge in [0.1, 0.15) is 17.9 Å². The zero-order chi connectivity index (χ0) is 34.8. The topological polar surface area (TPSA) is 166 Å². The van der Waals surface area contributed by atoms with Crippen molar-refractivity contribution in [2.45, 2.75) is 122 Å². The van der Waals surface area contributed by atoms with Crippen molar-refractivity contribution in [2.75, 3.05) is 18.4 Å². The number of benzene rings is 1. The van der Waals surface area contributed by atoms with E-state index < -0.39 is 41.7 Å². The zero-order valence-corrected chi connectivity index (χ0v) is 28.6. The predicted octanol–water partition coefficient (Wildman–Crippen LogP) is 3.91. The molecule has 0 bridgehead atoms. The van der Waals surface area contributed by atoms with Gasteiger partial charge in [-0.25, -0.2) is 4.39 Å². The van der Waals surface area contributed by atoms with Crippen molar-refractivity contribution in [3.05, 3.63) is 41.4 Å². The van der Waals surface area contributed by atoms with Crippen LogP contribution in [0.1, 0.15) is 103 Å².